The molecule has 1 unspecified atom stereocenters. The van der Waals surface area contributed by atoms with Crippen LogP contribution in [0, 0.1) is 0 Å². The summed E-state index contributed by atoms with van der Waals surface area (Å²) in [7, 11) is -3.02. The van der Waals surface area contributed by atoms with Crippen LogP contribution in [0.15, 0.2) is 72.8 Å². The zero-order valence-electron chi connectivity index (χ0n) is 22.7. The Bertz CT molecular complexity index is 1300. The van der Waals surface area contributed by atoms with Crippen molar-refractivity contribution < 1.29 is 13.2 Å². The fourth-order valence-electron chi connectivity index (χ4n) is 5.45. The summed E-state index contributed by atoms with van der Waals surface area (Å²) in [4.78, 5) is 15.2. The molecule has 0 spiro atoms. The number of nitrogens with one attached hydrogen (secondary N) is 1. The van der Waals surface area contributed by atoms with Crippen molar-refractivity contribution in [1.29, 1.82) is 0 Å². The summed E-state index contributed by atoms with van der Waals surface area (Å²) >= 11 is 0. The minimum Gasteiger partial charge on any atom is -0.352 e. The monoisotopic (exact) mass is 532 g/mol. The first-order valence-electron chi connectivity index (χ1n) is 13.8. The summed E-state index contributed by atoms with van der Waals surface area (Å²) in [5.41, 5.74) is 6.50. The number of nitrogens with zero attached hydrogens (tertiary/aromatic N) is 1. The van der Waals surface area contributed by atoms with Crippen LogP contribution in [0.3, 0.4) is 0 Å². The molecular weight excluding hydrogens is 492 g/mol. The van der Waals surface area contributed by atoms with Gasteiger partial charge in [-0.05, 0) is 91.6 Å². The van der Waals surface area contributed by atoms with Gasteiger partial charge in [0.2, 0.25) is 0 Å². The van der Waals surface area contributed by atoms with Crippen LogP contribution in [0.5, 0.6) is 0 Å². The molecule has 0 aromatic heterocycles. The smallest absolute Gasteiger partial charge is 0.251 e. The Morgan fingerprint density at radius 3 is 2.37 bits per heavy atom. The normalized spacial score (nSPS) is 15.3. The summed E-state index contributed by atoms with van der Waals surface area (Å²) in [6.45, 7) is 5.01. The molecule has 0 saturated carbocycles. The van der Waals surface area contributed by atoms with Crippen molar-refractivity contribution in [3.05, 3.63) is 95.1 Å². The minimum absolute atomic E-state index is 0.0193. The molecule has 6 heteroatoms. The number of carbonyl (C=O) groups excluding carboxylic acids is 1. The molecule has 0 radical (unpaired) electrons. The van der Waals surface area contributed by atoms with Crippen molar-refractivity contribution in [3.8, 4) is 11.1 Å². The van der Waals surface area contributed by atoms with Gasteiger partial charge in [-0.1, -0.05) is 67.6 Å². The first-order chi connectivity index (χ1) is 18.3. The Hall–Kier alpha value is -2.96. The largest absolute Gasteiger partial charge is 0.352 e. The van der Waals surface area contributed by atoms with Crippen LogP contribution in [0.25, 0.3) is 11.1 Å². The van der Waals surface area contributed by atoms with E-state index in [4.69, 9.17) is 0 Å². The predicted octanol–water partition coefficient (Wildman–Crippen LogP) is 5.68. The van der Waals surface area contributed by atoms with E-state index in [-0.39, 0.29) is 11.7 Å². The number of carbonyl (C=O) groups is 1. The zero-order chi connectivity index (χ0) is 27.0. The maximum absolute atomic E-state index is 12.6. The number of fused-ring (bicyclic) bond motifs is 1. The molecule has 0 bridgehead atoms. The molecule has 5 nitrogen and oxygen atoms in total. The van der Waals surface area contributed by atoms with Crippen LogP contribution >= 0.6 is 0 Å². The molecule has 3 aromatic carbocycles. The summed E-state index contributed by atoms with van der Waals surface area (Å²) < 4.78 is 23.3. The van der Waals surface area contributed by atoms with E-state index in [2.05, 4.69) is 41.4 Å². The zero-order valence-corrected chi connectivity index (χ0v) is 23.5. The molecular formula is C32H40N2O3S. The van der Waals surface area contributed by atoms with Gasteiger partial charge in [-0.15, -0.1) is 0 Å². The Kier molecular flexibility index (Phi) is 9.75. The summed E-state index contributed by atoms with van der Waals surface area (Å²) in [5, 5.41) is 3.08. The molecule has 4 rings (SSSR count). The number of rotatable bonds is 12. The lowest BCUT2D eigenvalue weighted by atomic mass is 9.86. The van der Waals surface area contributed by atoms with Gasteiger partial charge in [-0.2, -0.15) is 0 Å². The average Bonchev–Trinajstić information content (AvgIpc) is 2.91. The Morgan fingerprint density at radius 2 is 1.66 bits per heavy atom. The Balaban J connectivity index is 1.23. The van der Waals surface area contributed by atoms with Crippen LogP contribution < -0.4 is 5.32 Å². The van der Waals surface area contributed by atoms with E-state index in [9.17, 15) is 13.2 Å². The van der Waals surface area contributed by atoms with Crippen LogP contribution in [0.2, 0.25) is 0 Å². The number of hydrogen-bond donors (Lipinski definition) is 1. The topological polar surface area (TPSA) is 66.5 Å². The van der Waals surface area contributed by atoms with Gasteiger partial charge in [0.1, 0.15) is 0 Å². The third-order valence-electron chi connectivity index (χ3n) is 7.34. The van der Waals surface area contributed by atoms with E-state index in [1.807, 2.05) is 48.5 Å². The summed E-state index contributed by atoms with van der Waals surface area (Å²) in [6, 6.07) is 24.7. The van der Waals surface area contributed by atoms with Gasteiger partial charge in [0.25, 0.3) is 5.91 Å². The van der Waals surface area contributed by atoms with Crippen molar-refractivity contribution in [3.63, 3.8) is 0 Å². The highest BCUT2D eigenvalue weighted by Crippen LogP contribution is 2.27. The van der Waals surface area contributed by atoms with Gasteiger partial charge < -0.3 is 10.2 Å². The van der Waals surface area contributed by atoms with E-state index >= 15 is 0 Å². The molecule has 1 amide bonds. The van der Waals surface area contributed by atoms with Crippen molar-refractivity contribution in [2.24, 2.45) is 0 Å². The predicted molar refractivity (Wildman–Crippen MR) is 156 cm³/mol. The van der Waals surface area contributed by atoms with E-state index in [0.29, 0.717) is 18.2 Å². The fraction of sp³-hybridized carbons (Fsp3) is 0.406. The standard InChI is InChI=1S/C32H40N2O3S/c1-3-20-34(31-18-17-29-22-25(24-38(2,36)37)11-12-30(29)23-31)21-8-7-19-33-32(35)28-15-13-27(14-16-28)26-9-5-4-6-10-26/h4-6,9-16,22,31H,3,7-8,17-21,23-24H2,1-2H3,(H,33,35). The molecule has 1 aliphatic carbocycles. The molecule has 1 aliphatic rings. The minimum atomic E-state index is -3.02. The number of benzene rings is 3. The summed E-state index contributed by atoms with van der Waals surface area (Å²) in [6.07, 6.45) is 7.52. The third kappa shape index (κ3) is 8.02. The van der Waals surface area contributed by atoms with Gasteiger partial charge in [-0.3, -0.25) is 4.79 Å². The van der Waals surface area contributed by atoms with Crippen molar-refractivity contribution >= 4 is 15.7 Å². The molecule has 3 aromatic rings. The number of unbranched alkanes of at least 4 members (excludes halogenated alkanes) is 1. The molecule has 0 heterocycles. The molecule has 1 N–H and O–H groups in total. The van der Waals surface area contributed by atoms with Gasteiger partial charge >= 0.3 is 0 Å². The number of hydrogen-bond acceptors (Lipinski definition) is 4. The second-order valence-corrected chi connectivity index (χ2v) is 12.7. The lowest BCUT2D eigenvalue weighted by Crippen LogP contribution is -2.40. The molecule has 0 aliphatic heterocycles. The lowest BCUT2D eigenvalue weighted by molar-refractivity contribution is 0.0952. The highest BCUT2D eigenvalue weighted by molar-refractivity contribution is 7.89. The number of amides is 1. The van der Waals surface area contributed by atoms with Gasteiger partial charge in [0.15, 0.2) is 9.84 Å². The van der Waals surface area contributed by atoms with Gasteiger partial charge in [0, 0.05) is 24.4 Å². The third-order valence-corrected chi connectivity index (χ3v) is 8.20. The molecule has 0 fully saturated rings. The van der Waals surface area contributed by atoms with E-state index < -0.39 is 9.84 Å². The Labute approximate surface area is 228 Å². The summed E-state index contributed by atoms with van der Waals surface area (Å²) in [5.74, 6) is 0.0930. The second-order valence-electron chi connectivity index (χ2n) is 10.5. The molecule has 0 saturated heterocycles. The first-order valence-corrected chi connectivity index (χ1v) is 15.8. The van der Waals surface area contributed by atoms with Crippen LogP contribution in [0.1, 0.15) is 59.7 Å². The Morgan fingerprint density at radius 1 is 0.921 bits per heavy atom. The van der Waals surface area contributed by atoms with Crippen LogP contribution in [0.4, 0.5) is 0 Å². The van der Waals surface area contributed by atoms with Crippen molar-refractivity contribution in [2.45, 2.75) is 57.2 Å². The quantitative estimate of drug-likeness (QED) is 0.305. The highest BCUT2D eigenvalue weighted by Gasteiger charge is 2.24. The molecule has 38 heavy (non-hydrogen) atoms. The number of sulfone groups is 1. The van der Waals surface area contributed by atoms with E-state index in [0.717, 1.165) is 68.3 Å². The molecule has 1 atom stereocenters. The second kappa shape index (κ2) is 13.2. The van der Waals surface area contributed by atoms with Gasteiger partial charge in [0.05, 0.1) is 5.75 Å². The van der Waals surface area contributed by atoms with E-state index in [1.165, 1.54) is 17.4 Å². The van der Waals surface area contributed by atoms with Gasteiger partial charge in [-0.25, -0.2) is 8.42 Å². The average molecular weight is 533 g/mol. The molecule has 202 valence electrons. The maximum atomic E-state index is 12.6. The fourth-order valence-corrected chi connectivity index (χ4v) is 6.23. The SMILES string of the molecule is CCCN(CCCCNC(=O)c1ccc(-c2ccccc2)cc1)C1CCc2cc(CS(C)(=O)=O)ccc2C1. The van der Waals surface area contributed by atoms with Crippen LogP contribution in [-0.2, 0) is 28.4 Å². The van der Waals surface area contributed by atoms with Crippen LogP contribution in [-0.4, -0.2) is 51.2 Å². The maximum Gasteiger partial charge on any atom is 0.251 e. The van der Waals surface area contributed by atoms with Crippen molar-refractivity contribution in [2.75, 3.05) is 25.9 Å². The number of aryl methyl sites for hydroxylation is 1. The van der Waals surface area contributed by atoms with E-state index in [1.54, 1.807) is 0 Å². The van der Waals surface area contributed by atoms with Crippen molar-refractivity contribution in [1.82, 2.24) is 10.2 Å². The lowest BCUT2D eigenvalue weighted by Gasteiger charge is -2.35. The highest BCUT2D eigenvalue weighted by atomic mass is 32.2. The first kappa shape index (κ1) is 28.1.